The Morgan fingerprint density at radius 3 is 1.82 bits per heavy atom. The molecule has 2 saturated carbocycles. The largest absolute Gasteiger partial charge is 0.476 e. The van der Waals surface area contributed by atoms with Gasteiger partial charge in [0.15, 0.2) is 0 Å². The van der Waals surface area contributed by atoms with Crippen LogP contribution in [-0.4, -0.2) is 65.8 Å². The number of rotatable bonds is 3. The third-order valence-electron chi connectivity index (χ3n) is 5.42. The predicted octanol–water partition coefficient (Wildman–Crippen LogP) is 2.64. The number of carbonyl (C=O) groups is 2. The molecule has 2 heterocycles. The summed E-state index contributed by atoms with van der Waals surface area (Å²) in [5, 5.41) is 8.49. The van der Waals surface area contributed by atoms with Gasteiger partial charge in [-0.2, -0.15) is 26.3 Å². The van der Waals surface area contributed by atoms with Gasteiger partial charge in [-0.05, 0) is 25.2 Å². The number of carboxylic acid groups (broad SMARTS) is 1. The Bertz CT molecular complexity index is 624. The van der Waals surface area contributed by atoms with E-state index in [1.165, 1.54) is 0 Å². The van der Waals surface area contributed by atoms with Gasteiger partial charge < -0.3 is 19.3 Å². The number of aliphatic carboxylic acids is 1. The van der Waals surface area contributed by atoms with Crippen LogP contribution in [0.4, 0.5) is 26.3 Å². The normalized spacial score (nSPS) is 37.1. The molecule has 0 aromatic carbocycles. The van der Waals surface area contributed by atoms with E-state index < -0.39 is 60.7 Å². The zero-order chi connectivity index (χ0) is 21.0. The smallest absolute Gasteiger partial charge is 0.437 e. The molecule has 1 N–H and O–H groups in total. The van der Waals surface area contributed by atoms with Crippen LogP contribution in [-0.2, 0) is 23.8 Å². The summed E-state index contributed by atoms with van der Waals surface area (Å²) < 4.78 is 96.8. The van der Waals surface area contributed by atoms with Crippen molar-refractivity contribution in [3.8, 4) is 0 Å². The Balaban J connectivity index is 1.87. The monoisotopic (exact) mass is 420 g/mol. The number of carboxylic acids is 1. The maximum absolute atomic E-state index is 13.8. The summed E-state index contributed by atoms with van der Waals surface area (Å²) in [6, 6.07) is 0. The molecule has 2 unspecified atom stereocenters. The van der Waals surface area contributed by atoms with E-state index in [-0.39, 0.29) is 38.0 Å². The van der Waals surface area contributed by atoms with E-state index in [4.69, 9.17) is 19.3 Å². The van der Waals surface area contributed by atoms with Crippen LogP contribution in [0.3, 0.4) is 0 Å². The van der Waals surface area contributed by atoms with Crippen molar-refractivity contribution in [2.24, 2.45) is 5.92 Å². The SMILES string of the molecule is O=C(O)C(F)(F)C(=O)OC12CC3CC(C1)OCC(F)(F)C(F)(F)COC(C3)C2. The van der Waals surface area contributed by atoms with Gasteiger partial charge in [0.2, 0.25) is 0 Å². The molecule has 4 rings (SSSR count). The van der Waals surface area contributed by atoms with Gasteiger partial charge in [0.25, 0.3) is 0 Å². The predicted molar refractivity (Wildman–Crippen MR) is 77.4 cm³/mol. The Hall–Kier alpha value is -1.56. The van der Waals surface area contributed by atoms with Crippen LogP contribution in [0.2, 0.25) is 0 Å². The Morgan fingerprint density at radius 1 is 0.929 bits per heavy atom. The number of hydrogen-bond acceptors (Lipinski definition) is 5. The standard InChI is InChI=1S/C16H18F6O6/c17-14(18)6-26-9-1-8-2-10(27-7-15(14,19)20)5-13(3-8,4-9)28-12(25)16(21,22)11(23)24/h8-10H,1-7H2,(H,23,24). The second-order valence-corrected chi connectivity index (χ2v) is 7.68. The Morgan fingerprint density at radius 2 is 1.39 bits per heavy atom. The van der Waals surface area contributed by atoms with Gasteiger partial charge >= 0.3 is 29.7 Å². The third-order valence-corrected chi connectivity index (χ3v) is 5.42. The van der Waals surface area contributed by atoms with Crippen LogP contribution in [0.15, 0.2) is 0 Å². The number of esters is 1. The van der Waals surface area contributed by atoms with E-state index in [0.717, 1.165) is 0 Å². The van der Waals surface area contributed by atoms with Gasteiger partial charge in [0.05, 0.1) is 12.2 Å². The minimum Gasteiger partial charge on any atom is -0.476 e. The van der Waals surface area contributed by atoms with E-state index in [1.807, 2.05) is 0 Å². The number of hydrogen-bond donors (Lipinski definition) is 1. The highest BCUT2D eigenvalue weighted by Gasteiger charge is 2.60. The first kappa shape index (κ1) is 21.2. The number of halogens is 6. The average Bonchev–Trinajstić information content (AvgIpc) is 2.57. The summed E-state index contributed by atoms with van der Waals surface area (Å²) in [4.78, 5) is 22.3. The average molecular weight is 420 g/mol. The van der Waals surface area contributed by atoms with E-state index in [2.05, 4.69) is 0 Å². The lowest BCUT2D eigenvalue weighted by Gasteiger charge is -2.49. The molecule has 2 saturated heterocycles. The van der Waals surface area contributed by atoms with Crippen molar-refractivity contribution in [3.05, 3.63) is 0 Å². The quantitative estimate of drug-likeness (QED) is 0.430. The van der Waals surface area contributed by atoms with Gasteiger partial charge in [-0.3, -0.25) is 0 Å². The van der Waals surface area contributed by atoms with Crippen molar-refractivity contribution in [1.29, 1.82) is 0 Å². The molecule has 2 atom stereocenters. The summed E-state index contributed by atoms with van der Waals surface area (Å²) in [7, 11) is 0. The molecule has 2 aliphatic carbocycles. The summed E-state index contributed by atoms with van der Waals surface area (Å²) in [6.07, 6.45) is -2.26. The van der Waals surface area contributed by atoms with Crippen molar-refractivity contribution in [3.63, 3.8) is 0 Å². The third kappa shape index (κ3) is 3.80. The van der Waals surface area contributed by atoms with Gasteiger partial charge in [-0.25, -0.2) is 9.59 Å². The number of carbonyl (C=O) groups excluding carboxylic acids is 1. The molecule has 0 amide bonds. The van der Waals surface area contributed by atoms with Crippen molar-refractivity contribution >= 4 is 11.9 Å². The number of alkyl halides is 6. The molecule has 4 fully saturated rings. The van der Waals surface area contributed by atoms with Crippen LogP contribution in [0.25, 0.3) is 0 Å². The fraction of sp³-hybridized carbons (Fsp3) is 0.875. The fourth-order valence-electron chi connectivity index (χ4n) is 4.16. The van der Waals surface area contributed by atoms with Crippen LogP contribution in [0, 0.1) is 5.92 Å². The zero-order valence-electron chi connectivity index (χ0n) is 14.4. The molecule has 0 aromatic rings. The number of ether oxygens (including phenoxy) is 3. The van der Waals surface area contributed by atoms with Crippen molar-refractivity contribution in [1.82, 2.24) is 0 Å². The zero-order valence-corrected chi connectivity index (χ0v) is 14.4. The van der Waals surface area contributed by atoms with Crippen LogP contribution in [0.1, 0.15) is 32.1 Å². The first-order valence-corrected chi connectivity index (χ1v) is 8.60. The maximum atomic E-state index is 13.8. The molecule has 4 aliphatic rings. The summed E-state index contributed by atoms with van der Waals surface area (Å²) in [6.45, 7) is -3.22. The highest BCUT2D eigenvalue weighted by molar-refractivity contribution is 6.00. The van der Waals surface area contributed by atoms with Crippen molar-refractivity contribution in [2.45, 2.75) is 67.7 Å². The fourth-order valence-corrected chi connectivity index (χ4v) is 4.16. The van der Waals surface area contributed by atoms with Gasteiger partial charge in [-0.1, -0.05) is 0 Å². The number of fused-ring (bicyclic) bond motifs is 5. The minimum absolute atomic E-state index is 0.0565. The summed E-state index contributed by atoms with van der Waals surface area (Å²) in [5.41, 5.74) is -1.67. The molecular weight excluding hydrogens is 402 g/mol. The van der Waals surface area contributed by atoms with Gasteiger partial charge in [0.1, 0.15) is 18.8 Å². The van der Waals surface area contributed by atoms with E-state index in [1.54, 1.807) is 0 Å². The first-order chi connectivity index (χ1) is 12.8. The highest BCUT2D eigenvalue weighted by atomic mass is 19.3. The molecule has 0 radical (unpaired) electrons. The Labute approximate surface area is 155 Å². The lowest BCUT2D eigenvalue weighted by atomic mass is 9.67. The van der Waals surface area contributed by atoms with Gasteiger partial charge in [-0.15, -0.1) is 0 Å². The molecular formula is C16H18F6O6. The molecule has 4 bridgehead atoms. The van der Waals surface area contributed by atoms with E-state index in [0.29, 0.717) is 0 Å². The molecule has 28 heavy (non-hydrogen) atoms. The van der Waals surface area contributed by atoms with Gasteiger partial charge in [0, 0.05) is 12.8 Å². The van der Waals surface area contributed by atoms with Crippen molar-refractivity contribution in [2.75, 3.05) is 13.2 Å². The molecule has 2 aliphatic heterocycles. The first-order valence-electron chi connectivity index (χ1n) is 8.60. The van der Waals surface area contributed by atoms with E-state index >= 15 is 0 Å². The second kappa shape index (κ2) is 6.75. The maximum Gasteiger partial charge on any atom is 0.437 e. The van der Waals surface area contributed by atoms with Crippen LogP contribution >= 0.6 is 0 Å². The topological polar surface area (TPSA) is 82.1 Å². The molecule has 0 spiro atoms. The Kier molecular flexibility index (Phi) is 5.10. The molecule has 160 valence electrons. The lowest BCUT2D eigenvalue weighted by molar-refractivity contribution is -0.257. The molecule has 0 aromatic heterocycles. The molecule has 6 nitrogen and oxygen atoms in total. The summed E-state index contributed by atoms with van der Waals surface area (Å²) >= 11 is 0. The second-order valence-electron chi connectivity index (χ2n) is 7.68. The lowest BCUT2D eigenvalue weighted by Crippen LogP contribution is -2.54. The minimum atomic E-state index is -4.81. The molecule has 12 heteroatoms. The summed E-state index contributed by atoms with van der Waals surface area (Å²) in [5.74, 6) is -19.2. The van der Waals surface area contributed by atoms with Crippen LogP contribution in [0.5, 0.6) is 0 Å². The van der Waals surface area contributed by atoms with E-state index in [9.17, 15) is 35.9 Å². The van der Waals surface area contributed by atoms with Crippen LogP contribution < -0.4 is 0 Å². The van der Waals surface area contributed by atoms with Crippen molar-refractivity contribution < 1.29 is 55.2 Å². The highest BCUT2D eigenvalue weighted by Crippen LogP contribution is 2.49.